The van der Waals surface area contributed by atoms with Crippen LogP contribution >= 0.6 is 23.2 Å². The molecule has 0 spiro atoms. The first kappa shape index (κ1) is 23.9. The fourth-order valence-corrected chi connectivity index (χ4v) is 5.34. The summed E-state index contributed by atoms with van der Waals surface area (Å²) in [7, 11) is 3.96. The molecule has 2 amide bonds. The van der Waals surface area contributed by atoms with Crippen LogP contribution in [0.25, 0.3) is 0 Å². The van der Waals surface area contributed by atoms with Gasteiger partial charge in [0, 0.05) is 43.5 Å². The summed E-state index contributed by atoms with van der Waals surface area (Å²) in [5, 5.41) is 6.89. The maximum absolute atomic E-state index is 12.8. The predicted octanol–water partition coefficient (Wildman–Crippen LogP) is 4.81. The zero-order valence-corrected chi connectivity index (χ0v) is 20.5. The molecule has 8 heteroatoms. The zero-order valence-electron chi connectivity index (χ0n) is 19.0. The smallest absolute Gasteiger partial charge is 0.251 e. The summed E-state index contributed by atoms with van der Waals surface area (Å²) in [6.45, 7) is 0.310. The lowest BCUT2D eigenvalue weighted by Gasteiger charge is -2.48. The van der Waals surface area contributed by atoms with Gasteiger partial charge < -0.3 is 15.5 Å². The summed E-state index contributed by atoms with van der Waals surface area (Å²) >= 11 is 12.3. The molecule has 2 unspecified atom stereocenters. The summed E-state index contributed by atoms with van der Waals surface area (Å²) in [4.78, 5) is 29.9. The Morgan fingerprint density at radius 3 is 2.33 bits per heavy atom. The Labute approximate surface area is 205 Å². The first-order chi connectivity index (χ1) is 15.8. The Bertz CT molecular complexity index is 998. The number of benzene rings is 2. The third-order valence-corrected chi connectivity index (χ3v) is 7.48. The number of fused-ring (bicyclic) bond motifs is 2. The number of nitrogens with one attached hydrogen (secondary N) is 2. The SMILES string of the molecule is CN(C)c1ccc(C(=O)NC2CC3CCCC(C2)N3CC(=O)Nc2cccc(Cl)c2Cl)cc1. The molecule has 33 heavy (non-hydrogen) atoms. The molecule has 2 fully saturated rings. The van der Waals surface area contributed by atoms with Gasteiger partial charge in [-0.05, 0) is 62.1 Å². The third kappa shape index (κ3) is 5.62. The number of piperidine rings is 2. The third-order valence-electron chi connectivity index (χ3n) is 6.66. The standard InChI is InChI=1S/C25H30Cl2N4O2/c1-30(2)18-11-9-16(10-12-18)25(33)28-17-13-19-5-3-6-20(14-17)31(19)15-23(32)29-22-8-4-7-21(26)24(22)27/h4,7-12,17,19-20H,3,5-6,13-15H2,1-2H3,(H,28,33)(H,29,32). The molecule has 2 aliphatic rings. The van der Waals surface area contributed by atoms with Crippen LogP contribution in [0.1, 0.15) is 42.5 Å². The largest absolute Gasteiger partial charge is 0.378 e. The maximum atomic E-state index is 12.8. The molecule has 2 atom stereocenters. The van der Waals surface area contributed by atoms with Gasteiger partial charge in [-0.25, -0.2) is 0 Å². The molecule has 0 aliphatic carbocycles. The highest BCUT2D eigenvalue weighted by Crippen LogP contribution is 2.34. The van der Waals surface area contributed by atoms with Crippen molar-refractivity contribution in [2.45, 2.75) is 50.2 Å². The van der Waals surface area contributed by atoms with E-state index in [0.29, 0.717) is 27.8 Å². The van der Waals surface area contributed by atoms with E-state index in [9.17, 15) is 9.59 Å². The molecule has 0 aromatic heterocycles. The molecule has 2 bridgehead atoms. The highest BCUT2D eigenvalue weighted by molar-refractivity contribution is 6.44. The minimum atomic E-state index is -0.0977. The summed E-state index contributed by atoms with van der Waals surface area (Å²) in [5.74, 6) is -0.135. The minimum Gasteiger partial charge on any atom is -0.378 e. The molecule has 2 aromatic carbocycles. The Hall–Kier alpha value is -2.28. The van der Waals surface area contributed by atoms with Crippen LogP contribution in [0.15, 0.2) is 42.5 Å². The molecular formula is C25H30Cl2N4O2. The van der Waals surface area contributed by atoms with Crippen molar-refractivity contribution in [3.63, 3.8) is 0 Å². The average molecular weight is 489 g/mol. The molecule has 2 aromatic rings. The number of nitrogens with zero attached hydrogens (tertiary/aromatic N) is 2. The fourth-order valence-electron chi connectivity index (χ4n) is 4.99. The van der Waals surface area contributed by atoms with E-state index in [1.807, 2.05) is 43.3 Å². The van der Waals surface area contributed by atoms with Crippen LogP contribution in [-0.4, -0.2) is 55.5 Å². The molecule has 4 rings (SSSR count). The molecule has 176 valence electrons. The van der Waals surface area contributed by atoms with Crippen molar-refractivity contribution in [1.29, 1.82) is 0 Å². The van der Waals surface area contributed by atoms with Crippen molar-refractivity contribution in [2.75, 3.05) is 30.9 Å². The van der Waals surface area contributed by atoms with E-state index in [4.69, 9.17) is 23.2 Å². The van der Waals surface area contributed by atoms with Crippen LogP contribution in [0.3, 0.4) is 0 Å². The van der Waals surface area contributed by atoms with Crippen molar-refractivity contribution in [2.24, 2.45) is 0 Å². The van der Waals surface area contributed by atoms with Gasteiger partial charge >= 0.3 is 0 Å². The van der Waals surface area contributed by atoms with Gasteiger partial charge in [-0.1, -0.05) is 35.7 Å². The van der Waals surface area contributed by atoms with Gasteiger partial charge in [0.2, 0.25) is 5.91 Å². The van der Waals surface area contributed by atoms with Crippen molar-refractivity contribution >= 4 is 46.4 Å². The van der Waals surface area contributed by atoms with Crippen LogP contribution in [0.2, 0.25) is 10.0 Å². The number of carbonyl (C=O) groups is 2. The van der Waals surface area contributed by atoms with E-state index in [1.54, 1.807) is 18.2 Å². The normalized spacial score (nSPS) is 22.5. The van der Waals surface area contributed by atoms with E-state index in [2.05, 4.69) is 15.5 Å². The lowest BCUT2D eigenvalue weighted by Crippen LogP contribution is -2.58. The van der Waals surface area contributed by atoms with Gasteiger partial charge in [0.25, 0.3) is 5.91 Å². The van der Waals surface area contributed by atoms with E-state index in [-0.39, 0.29) is 29.9 Å². The number of halogens is 2. The Morgan fingerprint density at radius 1 is 1.03 bits per heavy atom. The molecule has 0 saturated carbocycles. The lowest BCUT2D eigenvalue weighted by atomic mass is 9.81. The molecule has 0 radical (unpaired) electrons. The molecular weight excluding hydrogens is 459 g/mol. The zero-order chi connectivity index (χ0) is 23.5. The van der Waals surface area contributed by atoms with Gasteiger partial charge in [-0.2, -0.15) is 0 Å². The summed E-state index contributed by atoms with van der Waals surface area (Å²) in [6, 6.07) is 13.5. The Kier molecular flexibility index (Phi) is 7.47. The van der Waals surface area contributed by atoms with Gasteiger partial charge in [0.1, 0.15) is 0 Å². The maximum Gasteiger partial charge on any atom is 0.251 e. The number of rotatable bonds is 6. The highest BCUT2D eigenvalue weighted by atomic mass is 35.5. The number of carbonyl (C=O) groups excluding carboxylic acids is 2. The quantitative estimate of drug-likeness (QED) is 0.611. The van der Waals surface area contributed by atoms with Gasteiger partial charge in [0.05, 0.1) is 22.3 Å². The van der Waals surface area contributed by atoms with Crippen LogP contribution in [0.5, 0.6) is 0 Å². The van der Waals surface area contributed by atoms with Crippen molar-refractivity contribution in [1.82, 2.24) is 10.2 Å². The van der Waals surface area contributed by atoms with Crippen LogP contribution in [0, 0.1) is 0 Å². The van der Waals surface area contributed by atoms with Crippen LogP contribution in [0.4, 0.5) is 11.4 Å². The average Bonchev–Trinajstić information content (AvgIpc) is 2.77. The first-order valence-corrected chi connectivity index (χ1v) is 12.1. The highest BCUT2D eigenvalue weighted by Gasteiger charge is 2.39. The van der Waals surface area contributed by atoms with E-state index in [0.717, 1.165) is 37.8 Å². The van der Waals surface area contributed by atoms with Crippen molar-refractivity contribution < 1.29 is 9.59 Å². The number of anilines is 2. The molecule has 6 nitrogen and oxygen atoms in total. The minimum absolute atomic E-state index is 0.0369. The van der Waals surface area contributed by atoms with Gasteiger partial charge in [-0.3, -0.25) is 14.5 Å². The number of amides is 2. The van der Waals surface area contributed by atoms with Crippen LogP contribution in [-0.2, 0) is 4.79 Å². The van der Waals surface area contributed by atoms with E-state index >= 15 is 0 Å². The summed E-state index contributed by atoms with van der Waals surface area (Å²) in [6.07, 6.45) is 4.92. The fraction of sp³-hybridized carbons (Fsp3) is 0.440. The molecule has 2 heterocycles. The monoisotopic (exact) mass is 488 g/mol. The topological polar surface area (TPSA) is 64.7 Å². The second-order valence-electron chi connectivity index (χ2n) is 9.14. The molecule has 2 N–H and O–H groups in total. The predicted molar refractivity (Wildman–Crippen MR) is 134 cm³/mol. The first-order valence-electron chi connectivity index (χ1n) is 11.4. The summed E-state index contributed by atoms with van der Waals surface area (Å²) < 4.78 is 0. The van der Waals surface area contributed by atoms with E-state index in [1.165, 1.54) is 0 Å². The number of hydrogen-bond donors (Lipinski definition) is 2. The Balaban J connectivity index is 1.36. The molecule has 2 aliphatic heterocycles. The van der Waals surface area contributed by atoms with Gasteiger partial charge in [0.15, 0.2) is 0 Å². The Morgan fingerprint density at radius 2 is 1.70 bits per heavy atom. The second kappa shape index (κ2) is 10.3. The second-order valence-corrected chi connectivity index (χ2v) is 9.93. The van der Waals surface area contributed by atoms with Crippen molar-refractivity contribution in [3.05, 3.63) is 58.1 Å². The lowest BCUT2D eigenvalue weighted by molar-refractivity contribution is -0.120. The van der Waals surface area contributed by atoms with E-state index < -0.39 is 0 Å². The van der Waals surface area contributed by atoms with Gasteiger partial charge in [-0.15, -0.1) is 0 Å². The number of hydrogen-bond acceptors (Lipinski definition) is 4. The van der Waals surface area contributed by atoms with Crippen molar-refractivity contribution in [3.8, 4) is 0 Å². The van der Waals surface area contributed by atoms with Crippen LogP contribution < -0.4 is 15.5 Å². The molecule has 2 saturated heterocycles. The summed E-state index contributed by atoms with van der Waals surface area (Å²) in [5.41, 5.74) is 2.26.